The van der Waals surface area contributed by atoms with E-state index in [1.165, 1.54) is 42.4 Å². The van der Waals surface area contributed by atoms with Crippen LogP contribution in [0.15, 0.2) is 115 Å². The first-order valence-corrected chi connectivity index (χ1v) is 14.7. The van der Waals surface area contributed by atoms with E-state index >= 15 is 0 Å². The standard InChI is InChI=1S/C36H29N3S/c1-3-24-15-20-33-31(21-24)32-23-25(4-2)22-30(34(32)40-33)26-16-18-28(19-17-26)36-38-37-35(27-11-7-5-8-12-27)39(36)29-13-9-6-10-14-29/h5-23H,3-4H2,1-2H3. The quantitative estimate of drug-likeness (QED) is 0.212. The number of benzene rings is 5. The van der Waals surface area contributed by atoms with Gasteiger partial charge in [0.2, 0.25) is 0 Å². The number of fused-ring (bicyclic) bond motifs is 3. The first kappa shape index (κ1) is 24.5. The fourth-order valence-electron chi connectivity index (χ4n) is 5.49. The molecule has 2 heterocycles. The molecule has 0 radical (unpaired) electrons. The van der Waals surface area contributed by atoms with Crippen molar-refractivity contribution in [3.8, 4) is 39.6 Å². The van der Waals surface area contributed by atoms with Crippen LogP contribution in [0.3, 0.4) is 0 Å². The van der Waals surface area contributed by atoms with E-state index in [0.717, 1.165) is 41.3 Å². The summed E-state index contributed by atoms with van der Waals surface area (Å²) < 4.78 is 4.85. The molecule has 5 aromatic carbocycles. The van der Waals surface area contributed by atoms with Gasteiger partial charge >= 0.3 is 0 Å². The van der Waals surface area contributed by atoms with E-state index in [-0.39, 0.29) is 0 Å². The van der Waals surface area contributed by atoms with Gasteiger partial charge in [0.25, 0.3) is 0 Å². The van der Waals surface area contributed by atoms with Crippen LogP contribution in [-0.2, 0) is 12.8 Å². The van der Waals surface area contributed by atoms with Crippen LogP contribution in [0.1, 0.15) is 25.0 Å². The number of thiophene rings is 1. The van der Waals surface area contributed by atoms with Crippen LogP contribution in [0.4, 0.5) is 0 Å². The predicted octanol–water partition coefficient (Wildman–Crippen LogP) is 9.76. The number of aromatic nitrogens is 3. The molecular formula is C36H29N3S. The van der Waals surface area contributed by atoms with Gasteiger partial charge in [-0.3, -0.25) is 4.57 Å². The van der Waals surface area contributed by atoms with Crippen LogP contribution in [0.25, 0.3) is 59.8 Å². The molecule has 4 heteroatoms. The molecule has 40 heavy (non-hydrogen) atoms. The van der Waals surface area contributed by atoms with Crippen molar-refractivity contribution in [3.05, 3.63) is 126 Å². The molecule has 0 saturated carbocycles. The van der Waals surface area contributed by atoms with Gasteiger partial charge in [-0.05, 0) is 71.5 Å². The molecule has 0 spiro atoms. The fraction of sp³-hybridized carbons (Fsp3) is 0.111. The molecule has 0 N–H and O–H groups in total. The van der Waals surface area contributed by atoms with Gasteiger partial charge in [0, 0.05) is 37.0 Å². The molecule has 7 aromatic rings. The third-order valence-corrected chi connectivity index (χ3v) is 8.89. The normalized spacial score (nSPS) is 11.4. The summed E-state index contributed by atoms with van der Waals surface area (Å²) in [4.78, 5) is 0. The summed E-state index contributed by atoms with van der Waals surface area (Å²) in [5, 5.41) is 12.1. The number of rotatable bonds is 6. The highest BCUT2D eigenvalue weighted by molar-refractivity contribution is 7.26. The number of aryl methyl sites for hydroxylation is 2. The lowest BCUT2D eigenvalue weighted by atomic mass is 9.97. The maximum atomic E-state index is 4.68. The molecule has 0 atom stereocenters. The monoisotopic (exact) mass is 535 g/mol. The highest BCUT2D eigenvalue weighted by Crippen LogP contribution is 2.42. The van der Waals surface area contributed by atoms with Crippen LogP contribution >= 0.6 is 11.3 Å². The molecule has 3 nitrogen and oxygen atoms in total. The van der Waals surface area contributed by atoms with Crippen molar-refractivity contribution in [2.24, 2.45) is 0 Å². The van der Waals surface area contributed by atoms with Crippen LogP contribution in [0.5, 0.6) is 0 Å². The molecule has 0 bridgehead atoms. The number of para-hydroxylation sites is 1. The van der Waals surface area contributed by atoms with Crippen LogP contribution in [0, 0.1) is 0 Å². The highest BCUT2D eigenvalue weighted by Gasteiger charge is 2.18. The lowest BCUT2D eigenvalue weighted by molar-refractivity contribution is 1.07. The minimum absolute atomic E-state index is 0.831. The van der Waals surface area contributed by atoms with E-state index in [2.05, 4.69) is 120 Å². The van der Waals surface area contributed by atoms with Crippen LogP contribution < -0.4 is 0 Å². The van der Waals surface area contributed by atoms with Gasteiger partial charge in [0.05, 0.1) is 0 Å². The third kappa shape index (κ3) is 4.21. The van der Waals surface area contributed by atoms with Crippen molar-refractivity contribution in [3.63, 3.8) is 0 Å². The van der Waals surface area contributed by atoms with Gasteiger partial charge in [0.1, 0.15) is 0 Å². The van der Waals surface area contributed by atoms with E-state index in [9.17, 15) is 0 Å². The summed E-state index contributed by atoms with van der Waals surface area (Å²) in [6.07, 6.45) is 2.06. The molecule has 0 fully saturated rings. The van der Waals surface area contributed by atoms with E-state index < -0.39 is 0 Å². The van der Waals surface area contributed by atoms with Crippen molar-refractivity contribution in [2.75, 3.05) is 0 Å². The van der Waals surface area contributed by atoms with Crippen molar-refractivity contribution in [1.29, 1.82) is 0 Å². The predicted molar refractivity (Wildman–Crippen MR) is 169 cm³/mol. The Hall–Kier alpha value is -4.54. The van der Waals surface area contributed by atoms with Crippen molar-refractivity contribution >= 4 is 31.5 Å². The molecule has 194 valence electrons. The minimum atomic E-state index is 0.831. The Bertz CT molecular complexity index is 1950. The van der Waals surface area contributed by atoms with E-state index in [0.29, 0.717) is 0 Å². The summed E-state index contributed by atoms with van der Waals surface area (Å²) in [5.74, 6) is 1.66. The molecule has 0 amide bonds. The Morgan fingerprint density at radius 3 is 1.85 bits per heavy atom. The summed E-state index contributed by atoms with van der Waals surface area (Å²) in [6.45, 7) is 4.46. The van der Waals surface area contributed by atoms with E-state index in [1.807, 2.05) is 35.6 Å². The average molecular weight is 536 g/mol. The van der Waals surface area contributed by atoms with Crippen LogP contribution in [0.2, 0.25) is 0 Å². The second-order valence-corrected chi connectivity index (χ2v) is 11.2. The first-order chi connectivity index (χ1) is 19.7. The molecule has 0 aliphatic carbocycles. The Morgan fingerprint density at radius 1 is 0.575 bits per heavy atom. The summed E-state index contributed by atoms with van der Waals surface area (Å²) >= 11 is 1.90. The van der Waals surface area contributed by atoms with Gasteiger partial charge in [-0.2, -0.15) is 0 Å². The average Bonchev–Trinajstić information content (AvgIpc) is 3.63. The zero-order valence-corrected chi connectivity index (χ0v) is 23.5. The van der Waals surface area contributed by atoms with Crippen molar-refractivity contribution < 1.29 is 0 Å². The maximum Gasteiger partial charge on any atom is 0.168 e. The maximum absolute atomic E-state index is 4.68. The highest BCUT2D eigenvalue weighted by atomic mass is 32.1. The molecule has 0 unspecified atom stereocenters. The smallest absolute Gasteiger partial charge is 0.168 e. The topological polar surface area (TPSA) is 30.7 Å². The zero-order valence-electron chi connectivity index (χ0n) is 22.6. The first-order valence-electron chi connectivity index (χ1n) is 13.9. The molecule has 2 aromatic heterocycles. The Morgan fingerprint density at radius 2 is 1.18 bits per heavy atom. The number of hydrogen-bond acceptors (Lipinski definition) is 3. The van der Waals surface area contributed by atoms with Gasteiger partial charge in [-0.15, -0.1) is 21.5 Å². The lowest BCUT2D eigenvalue weighted by Gasteiger charge is -2.12. The zero-order chi connectivity index (χ0) is 27.1. The summed E-state index contributed by atoms with van der Waals surface area (Å²) in [5.41, 5.74) is 8.39. The second kappa shape index (κ2) is 10.2. The molecule has 7 rings (SSSR count). The molecule has 0 saturated heterocycles. The largest absolute Gasteiger partial charge is 0.275 e. The molecule has 0 aliphatic heterocycles. The SMILES string of the molecule is CCc1ccc2sc3c(-c4ccc(-c5nnc(-c6ccccc6)n5-c5ccccc5)cc4)cc(CC)cc3c2c1. The molecule has 0 aliphatic rings. The minimum Gasteiger partial charge on any atom is -0.275 e. The van der Waals surface area contributed by atoms with Crippen molar-refractivity contribution in [2.45, 2.75) is 26.7 Å². The van der Waals surface area contributed by atoms with E-state index in [4.69, 9.17) is 0 Å². The lowest BCUT2D eigenvalue weighted by Crippen LogP contribution is -2.00. The van der Waals surface area contributed by atoms with Crippen LogP contribution in [-0.4, -0.2) is 14.8 Å². The Kier molecular flexibility index (Phi) is 6.26. The van der Waals surface area contributed by atoms with E-state index in [1.54, 1.807) is 0 Å². The second-order valence-electron chi connectivity index (χ2n) is 10.1. The van der Waals surface area contributed by atoms with Gasteiger partial charge in [0.15, 0.2) is 11.6 Å². The number of nitrogens with zero attached hydrogens (tertiary/aromatic N) is 3. The van der Waals surface area contributed by atoms with Gasteiger partial charge < -0.3 is 0 Å². The van der Waals surface area contributed by atoms with Crippen molar-refractivity contribution in [1.82, 2.24) is 14.8 Å². The third-order valence-electron chi connectivity index (χ3n) is 7.67. The Balaban J connectivity index is 1.36. The molecular weight excluding hydrogens is 506 g/mol. The number of hydrogen-bond donors (Lipinski definition) is 0. The fourth-order valence-corrected chi connectivity index (χ4v) is 6.69. The van der Waals surface area contributed by atoms with Gasteiger partial charge in [-0.25, -0.2) is 0 Å². The summed E-state index contributed by atoms with van der Waals surface area (Å²) in [6, 6.07) is 41.1. The summed E-state index contributed by atoms with van der Waals surface area (Å²) in [7, 11) is 0. The Labute approximate surface area is 238 Å². The van der Waals surface area contributed by atoms with Gasteiger partial charge in [-0.1, -0.05) is 92.7 Å².